The highest BCUT2D eigenvalue weighted by atomic mass is 35.5. The predicted octanol–water partition coefficient (Wildman–Crippen LogP) is 3.94. The largest absolute Gasteiger partial charge is 0.412 e. The van der Waals surface area contributed by atoms with Gasteiger partial charge in [0, 0.05) is 15.5 Å². The molecule has 112 valence electrons. The number of benzene rings is 1. The molecule has 22 heavy (non-hydrogen) atoms. The molecule has 1 amide bonds. The van der Waals surface area contributed by atoms with Gasteiger partial charge < -0.3 is 9.73 Å². The average Bonchev–Trinajstić information content (AvgIpc) is 3.20. The number of nitrogens with one attached hydrogen (secondary N) is 1. The normalized spacial score (nSPS) is 12.1. The van der Waals surface area contributed by atoms with Gasteiger partial charge in [0.1, 0.15) is 0 Å². The Morgan fingerprint density at radius 3 is 2.73 bits per heavy atom. The van der Waals surface area contributed by atoms with E-state index >= 15 is 0 Å². The molecule has 5 nitrogen and oxygen atoms in total. The molecule has 2 heterocycles. The van der Waals surface area contributed by atoms with Gasteiger partial charge in [0.05, 0.1) is 6.04 Å². The van der Waals surface area contributed by atoms with Crippen LogP contribution >= 0.6 is 22.9 Å². The molecule has 3 aromatic rings. The van der Waals surface area contributed by atoms with Gasteiger partial charge in [0.2, 0.25) is 5.89 Å². The Morgan fingerprint density at radius 2 is 2.05 bits per heavy atom. The first kappa shape index (κ1) is 14.7. The highest BCUT2D eigenvalue weighted by Gasteiger charge is 2.18. The summed E-state index contributed by atoms with van der Waals surface area (Å²) in [6.07, 6.45) is 0. The summed E-state index contributed by atoms with van der Waals surface area (Å²) in [5.41, 5.74) is 0.710. The second-order valence-electron chi connectivity index (χ2n) is 4.63. The van der Waals surface area contributed by atoms with Crippen LogP contribution in [0.5, 0.6) is 0 Å². The summed E-state index contributed by atoms with van der Waals surface area (Å²) in [7, 11) is 0. The average molecular weight is 334 g/mol. The first-order valence-corrected chi connectivity index (χ1v) is 7.83. The smallest absolute Gasteiger partial charge is 0.309 e. The van der Waals surface area contributed by atoms with Crippen molar-refractivity contribution in [2.45, 2.75) is 13.0 Å². The molecule has 0 aliphatic rings. The van der Waals surface area contributed by atoms with E-state index in [4.69, 9.17) is 16.0 Å². The zero-order chi connectivity index (χ0) is 15.5. The van der Waals surface area contributed by atoms with Crippen molar-refractivity contribution in [1.29, 1.82) is 0 Å². The van der Waals surface area contributed by atoms with Crippen molar-refractivity contribution in [2.24, 2.45) is 0 Å². The minimum absolute atomic E-state index is 0.0617. The number of aromatic nitrogens is 2. The van der Waals surface area contributed by atoms with Crippen LogP contribution in [0.25, 0.3) is 11.5 Å². The monoisotopic (exact) mass is 333 g/mol. The van der Waals surface area contributed by atoms with E-state index in [-0.39, 0.29) is 17.8 Å². The maximum absolute atomic E-state index is 12.1. The van der Waals surface area contributed by atoms with E-state index in [2.05, 4.69) is 15.5 Å². The van der Waals surface area contributed by atoms with Crippen molar-refractivity contribution in [1.82, 2.24) is 15.5 Å². The van der Waals surface area contributed by atoms with Crippen molar-refractivity contribution in [3.8, 4) is 11.5 Å². The van der Waals surface area contributed by atoms with Crippen LogP contribution in [-0.2, 0) is 0 Å². The number of nitrogens with zero attached hydrogens (tertiary/aromatic N) is 2. The van der Waals surface area contributed by atoms with E-state index in [9.17, 15) is 4.79 Å². The lowest BCUT2D eigenvalue weighted by Gasteiger charge is -2.09. The van der Waals surface area contributed by atoms with Crippen molar-refractivity contribution in [3.05, 3.63) is 57.6 Å². The highest BCUT2D eigenvalue weighted by molar-refractivity contribution is 7.10. The molecule has 0 radical (unpaired) electrons. The second kappa shape index (κ2) is 6.29. The van der Waals surface area contributed by atoms with Crippen molar-refractivity contribution in [2.75, 3.05) is 0 Å². The van der Waals surface area contributed by atoms with E-state index in [1.165, 1.54) is 0 Å². The Kier molecular flexibility index (Phi) is 4.22. The topological polar surface area (TPSA) is 68.0 Å². The Labute approximate surface area is 135 Å². The summed E-state index contributed by atoms with van der Waals surface area (Å²) in [5, 5.41) is 13.1. The number of carbonyl (C=O) groups excluding carboxylic acids is 1. The minimum atomic E-state index is -0.395. The summed E-state index contributed by atoms with van der Waals surface area (Å²) in [6, 6.07) is 10.7. The lowest BCUT2D eigenvalue weighted by Crippen LogP contribution is -2.26. The first-order valence-electron chi connectivity index (χ1n) is 6.57. The van der Waals surface area contributed by atoms with Crippen LogP contribution in [0.4, 0.5) is 0 Å². The quantitative estimate of drug-likeness (QED) is 0.785. The van der Waals surface area contributed by atoms with E-state index in [1.807, 2.05) is 24.4 Å². The molecule has 0 fully saturated rings. The summed E-state index contributed by atoms with van der Waals surface area (Å²) < 4.78 is 5.42. The number of amides is 1. The lowest BCUT2D eigenvalue weighted by atomic mass is 10.2. The molecule has 0 aliphatic heterocycles. The molecule has 3 rings (SSSR count). The number of hydrogen-bond acceptors (Lipinski definition) is 5. The molecule has 0 aliphatic carbocycles. The molecule has 0 spiro atoms. The third-order valence-electron chi connectivity index (χ3n) is 3.03. The van der Waals surface area contributed by atoms with Gasteiger partial charge in [-0.1, -0.05) is 17.7 Å². The van der Waals surface area contributed by atoms with Crippen LogP contribution in [0.3, 0.4) is 0 Å². The van der Waals surface area contributed by atoms with Crippen LogP contribution in [0.15, 0.2) is 46.2 Å². The van der Waals surface area contributed by atoms with Crippen molar-refractivity contribution in [3.63, 3.8) is 0 Å². The molecule has 1 N–H and O–H groups in total. The maximum atomic E-state index is 12.1. The third-order valence-corrected chi connectivity index (χ3v) is 4.33. The van der Waals surface area contributed by atoms with E-state index in [0.717, 1.165) is 4.88 Å². The first-order chi connectivity index (χ1) is 10.6. The zero-order valence-electron chi connectivity index (χ0n) is 11.6. The third kappa shape index (κ3) is 3.18. The molecule has 1 aromatic carbocycles. The molecule has 0 saturated carbocycles. The predicted molar refractivity (Wildman–Crippen MR) is 84.9 cm³/mol. The Balaban J connectivity index is 1.73. The van der Waals surface area contributed by atoms with Gasteiger partial charge in [-0.05, 0) is 42.6 Å². The van der Waals surface area contributed by atoms with Gasteiger partial charge in [-0.25, -0.2) is 0 Å². The van der Waals surface area contributed by atoms with Crippen LogP contribution in [-0.4, -0.2) is 16.1 Å². The standard InChI is InChI=1S/C15H12ClN3O2S/c1-9(12-3-2-8-22-12)17-13(20)15-19-18-14(21-15)10-4-6-11(16)7-5-10/h2-9H,1H3,(H,17,20)/t9-/m0/s1. The van der Waals surface area contributed by atoms with Gasteiger partial charge in [-0.15, -0.1) is 21.5 Å². The van der Waals surface area contributed by atoms with Crippen LogP contribution in [0, 0.1) is 0 Å². The summed E-state index contributed by atoms with van der Waals surface area (Å²) in [5.74, 6) is -0.174. The Hall–Kier alpha value is -2.18. The van der Waals surface area contributed by atoms with Crippen LogP contribution < -0.4 is 5.32 Å². The molecule has 0 saturated heterocycles. The number of carbonyl (C=O) groups is 1. The fourth-order valence-electron chi connectivity index (χ4n) is 1.89. The second-order valence-corrected chi connectivity index (χ2v) is 6.05. The molecular weight excluding hydrogens is 322 g/mol. The van der Waals surface area contributed by atoms with Crippen LogP contribution in [0.2, 0.25) is 5.02 Å². The van der Waals surface area contributed by atoms with Crippen molar-refractivity contribution < 1.29 is 9.21 Å². The minimum Gasteiger partial charge on any atom is -0.412 e. The molecular formula is C15H12ClN3O2S. The molecule has 2 aromatic heterocycles. The molecule has 7 heteroatoms. The fraction of sp³-hybridized carbons (Fsp3) is 0.133. The summed E-state index contributed by atoms with van der Waals surface area (Å²) >= 11 is 7.41. The number of thiophene rings is 1. The van der Waals surface area contributed by atoms with E-state index in [1.54, 1.807) is 35.6 Å². The summed E-state index contributed by atoms with van der Waals surface area (Å²) in [6.45, 7) is 1.90. The Bertz CT molecular complexity index is 768. The zero-order valence-corrected chi connectivity index (χ0v) is 13.2. The fourth-order valence-corrected chi connectivity index (χ4v) is 2.75. The number of rotatable bonds is 4. The Morgan fingerprint density at radius 1 is 1.27 bits per heavy atom. The van der Waals surface area contributed by atoms with Crippen LogP contribution in [0.1, 0.15) is 28.5 Å². The maximum Gasteiger partial charge on any atom is 0.309 e. The van der Waals surface area contributed by atoms with Gasteiger partial charge >= 0.3 is 11.8 Å². The van der Waals surface area contributed by atoms with E-state index < -0.39 is 5.91 Å². The van der Waals surface area contributed by atoms with Gasteiger partial charge in [-0.2, -0.15) is 0 Å². The SMILES string of the molecule is C[C@H](NC(=O)c1nnc(-c2ccc(Cl)cc2)o1)c1cccs1. The number of halogens is 1. The molecule has 0 bridgehead atoms. The molecule has 0 unspecified atom stereocenters. The van der Waals surface area contributed by atoms with E-state index in [0.29, 0.717) is 10.6 Å². The molecule has 1 atom stereocenters. The van der Waals surface area contributed by atoms with Crippen molar-refractivity contribution >= 4 is 28.8 Å². The highest BCUT2D eigenvalue weighted by Crippen LogP contribution is 2.21. The summed E-state index contributed by atoms with van der Waals surface area (Å²) in [4.78, 5) is 13.2. The van der Waals surface area contributed by atoms with Gasteiger partial charge in [-0.3, -0.25) is 4.79 Å². The van der Waals surface area contributed by atoms with Gasteiger partial charge in [0.25, 0.3) is 0 Å². The van der Waals surface area contributed by atoms with Gasteiger partial charge in [0.15, 0.2) is 0 Å². The lowest BCUT2D eigenvalue weighted by molar-refractivity contribution is 0.0906. The number of hydrogen-bond donors (Lipinski definition) is 1.